The van der Waals surface area contributed by atoms with Gasteiger partial charge in [-0.15, -0.1) is 0 Å². The third kappa shape index (κ3) is 6.05. The average molecular weight is 445 g/mol. The summed E-state index contributed by atoms with van der Waals surface area (Å²) in [6.07, 6.45) is -3.15. The molecule has 0 aromatic heterocycles. The molecule has 1 unspecified atom stereocenters. The van der Waals surface area contributed by atoms with Crippen LogP contribution in [0.25, 0.3) is 0 Å². The molecule has 1 aliphatic rings. The molecule has 0 aliphatic carbocycles. The molecule has 0 saturated carbocycles. The van der Waals surface area contributed by atoms with Gasteiger partial charge in [-0.2, -0.15) is 13.2 Å². The monoisotopic (exact) mass is 445 g/mol. The third-order valence-electron chi connectivity index (χ3n) is 5.20. The molecule has 1 fully saturated rings. The molecular weight excluding hydrogens is 419 g/mol. The lowest BCUT2D eigenvalue weighted by molar-refractivity contribution is -0.137. The SMILES string of the molecule is C=N/C(=N\C(=C)C(C)O)c1ccc(Oc2ccc(C(F)(F)F)cc2CN2CCCC2)cc1. The van der Waals surface area contributed by atoms with Crippen molar-refractivity contribution in [3.05, 3.63) is 71.4 Å². The maximum atomic E-state index is 13.2. The highest BCUT2D eigenvalue weighted by Crippen LogP contribution is 2.35. The standard InChI is InChI=1S/C24H26F3N3O2/c1-16(17(2)31)29-23(28-3)18-6-9-21(10-7-18)32-22-11-8-20(24(25,26)27)14-19(22)15-30-12-4-5-13-30/h6-11,14,17,31H,1,3-5,12-13,15H2,2H3/b29-23-. The highest BCUT2D eigenvalue weighted by atomic mass is 19.4. The molecule has 1 aliphatic heterocycles. The number of nitrogens with zero attached hydrogens (tertiary/aromatic N) is 3. The number of aliphatic hydroxyl groups is 1. The topological polar surface area (TPSA) is 57.4 Å². The van der Waals surface area contributed by atoms with Crippen molar-refractivity contribution >= 4 is 12.6 Å². The van der Waals surface area contributed by atoms with Crippen molar-refractivity contribution in [3.63, 3.8) is 0 Å². The molecule has 0 radical (unpaired) electrons. The van der Waals surface area contributed by atoms with Crippen molar-refractivity contribution in [2.24, 2.45) is 9.98 Å². The smallest absolute Gasteiger partial charge is 0.416 e. The van der Waals surface area contributed by atoms with Gasteiger partial charge in [0.15, 0.2) is 5.84 Å². The van der Waals surface area contributed by atoms with Gasteiger partial charge >= 0.3 is 6.18 Å². The first-order valence-corrected chi connectivity index (χ1v) is 10.3. The average Bonchev–Trinajstić information content (AvgIpc) is 3.26. The maximum absolute atomic E-state index is 13.2. The van der Waals surface area contributed by atoms with E-state index >= 15 is 0 Å². The second-order valence-corrected chi connectivity index (χ2v) is 7.69. The highest BCUT2D eigenvalue weighted by molar-refractivity contribution is 6.02. The van der Waals surface area contributed by atoms with Gasteiger partial charge in [0, 0.05) is 17.7 Å². The second kappa shape index (κ2) is 10.1. The summed E-state index contributed by atoms with van der Waals surface area (Å²) in [6, 6.07) is 10.3. The minimum atomic E-state index is -4.41. The van der Waals surface area contributed by atoms with Crippen LogP contribution in [0.2, 0.25) is 0 Å². The predicted molar refractivity (Wildman–Crippen MR) is 119 cm³/mol. The Kier molecular flexibility index (Phi) is 7.48. The minimum Gasteiger partial charge on any atom is -0.457 e. The van der Waals surface area contributed by atoms with Gasteiger partial charge in [0.25, 0.3) is 0 Å². The molecule has 5 nitrogen and oxygen atoms in total. The van der Waals surface area contributed by atoms with Crippen LogP contribution in [-0.2, 0) is 12.7 Å². The molecule has 0 bridgehead atoms. The van der Waals surface area contributed by atoms with Crippen LogP contribution in [0.4, 0.5) is 13.2 Å². The fraction of sp³-hybridized carbons (Fsp3) is 0.333. The van der Waals surface area contributed by atoms with Gasteiger partial charge in [-0.25, -0.2) is 9.98 Å². The number of ether oxygens (including phenoxy) is 1. The normalized spacial score (nSPS) is 16.1. The van der Waals surface area contributed by atoms with E-state index in [1.165, 1.54) is 6.07 Å². The van der Waals surface area contributed by atoms with Crippen molar-refractivity contribution < 1.29 is 23.0 Å². The first-order chi connectivity index (χ1) is 15.2. The Balaban J connectivity index is 1.84. The first kappa shape index (κ1) is 23.7. The molecule has 0 amide bonds. The Labute approximate surface area is 185 Å². The minimum absolute atomic E-state index is 0.254. The van der Waals surface area contributed by atoms with E-state index in [9.17, 15) is 18.3 Å². The van der Waals surface area contributed by atoms with E-state index < -0.39 is 17.8 Å². The Morgan fingerprint density at radius 2 is 1.81 bits per heavy atom. The van der Waals surface area contributed by atoms with E-state index in [2.05, 4.69) is 28.2 Å². The highest BCUT2D eigenvalue weighted by Gasteiger charge is 2.31. The van der Waals surface area contributed by atoms with Crippen molar-refractivity contribution in [1.82, 2.24) is 4.90 Å². The number of alkyl halides is 3. The van der Waals surface area contributed by atoms with E-state index in [4.69, 9.17) is 4.74 Å². The summed E-state index contributed by atoms with van der Waals surface area (Å²) < 4.78 is 45.6. The summed E-state index contributed by atoms with van der Waals surface area (Å²) in [6.45, 7) is 10.8. The number of amidine groups is 1. The van der Waals surface area contributed by atoms with Crippen molar-refractivity contribution in [2.45, 2.75) is 38.6 Å². The number of aliphatic hydroxyl groups excluding tert-OH is 1. The Hall–Kier alpha value is -2.97. The Bertz CT molecular complexity index is 993. The lowest BCUT2D eigenvalue weighted by Crippen LogP contribution is -2.19. The molecular formula is C24H26F3N3O2. The fourth-order valence-electron chi connectivity index (χ4n) is 3.38. The van der Waals surface area contributed by atoms with Crippen LogP contribution in [0.3, 0.4) is 0 Å². The quantitative estimate of drug-likeness (QED) is 0.456. The summed E-state index contributed by atoms with van der Waals surface area (Å²) in [7, 11) is 0. The van der Waals surface area contributed by atoms with Gasteiger partial charge in [-0.1, -0.05) is 6.58 Å². The number of aliphatic imine (C=N–C) groups is 2. The molecule has 0 spiro atoms. The number of benzene rings is 2. The second-order valence-electron chi connectivity index (χ2n) is 7.69. The van der Waals surface area contributed by atoms with E-state index in [-0.39, 0.29) is 5.70 Å². The van der Waals surface area contributed by atoms with Crippen molar-refractivity contribution in [2.75, 3.05) is 13.1 Å². The van der Waals surface area contributed by atoms with E-state index in [1.54, 1.807) is 31.2 Å². The van der Waals surface area contributed by atoms with Gasteiger partial charge in [0.05, 0.1) is 17.4 Å². The molecule has 2 aromatic carbocycles. The number of rotatable bonds is 7. The zero-order chi connectivity index (χ0) is 23.3. The van der Waals surface area contributed by atoms with Gasteiger partial charge in [-0.3, -0.25) is 4.90 Å². The number of hydrogen-bond acceptors (Lipinski definition) is 4. The van der Waals surface area contributed by atoms with Crippen LogP contribution in [0.5, 0.6) is 11.5 Å². The van der Waals surface area contributed by atoms with Gasteiger partial charge in [0.1, 0.15) is 11.5 Å². The van der Waals surface area contributed by atoms with Gasteiger partial charge in [0.2, 0.25) is 0 Å². The molecule has 32 heavy (non-hydrogen) atoms. The molecule has 2 aromatic rings. The van der Waals surface area contributed by atoms with E-state index in [0.29, 0.717) is 35.0 Å². The van der Waals surface area contributed by atoms with Crippen LogP contribution in [0.15, 0.2) is 64.7 Å². The number of likely N-dealkylation sites (tertiary alicyclic amines) is 1. The van der Waals surface area contributed by atoms with Crippen molar-refractivity contribution in [1.29, 1.82) is 0 Å². The molecule has 1 atom stereocenters. The molecule has 1 N–H and O–H groups in total. The zero-order valence-corrected chi connectivity index (χ0v) is 17.9. The summed E-state index contributed by atoms with van der Waals surface area (Å²) >= 11 is 0. The molecule has 170 valence electrons. The van der Waals surface area contributed by atoms with Crippen LogP contribution < -0.4 is 4.74 Å². The lowest BCUT2D eigenvalue weighted by atomic mass is 10.1. The van der Waals surface area contributed by atoms with Gasteiger partial charge in [-0.05, 0) is 82.0 Å². The Morgan fingerprint density at radius 1 is 1.16 bits per heavy atom. The summed E-state index contributed by atoms with van der Waals surface area (Å²) in [4.78, 5) is 10.2. The summed E-state index contributed by atoms with van der Waals surface area (Å²) in [5, 5.41) is 9.56. The third-order valence-corrected chi connectivity index (χ3v) is 5.20. The number of halogens is 3. The van der Waals surface area contributed by atoms with E-state index in [1.807, 2.05) is 0 Å². The van der Waals surface area contributed by atoms with E-state index in [0.717, 1.165) is 38.1 Å². The van der Waals surface area contributed by atoms with Crippen LogP contribution >= 0.6 is 0 Å². The molecule has 8 heteroatoms. The maximum Gasteiger partial charge on any atom is 0.416 e. The van der Waals surface area contributed by atoms with Crippen molar-refractivity contribution in [3.8, 4) is 11.5 Å². The predicted octanol–water partition coefficient (Wildman–Crippen LogP) is 5.44. The Morgan fingerprint density at radius 3 is 2.38 bits per heavy atom. The zero-order valence-electron chi connectivity index (χ0n) is 17.9. The largest absolute Gasteiger partial charge is 0.457 e. The fourth-order valence-corrected chi connectivity index (χ4v) is 3.38. The van der Waals surface area contributed by atoms with Crippen LogP contribution in [0, 0.1) is 0 Å². The molecule has 1 heterocycles. The summed E-state index contributed by atoms with van der Waals surface area (Å²) in [5.41, 5.74) is 0.697. The van der Waals surface area contributed by atoms with Crippen LogP contribution in [0.1, 0.15) is 36.5 Å². The number of hydrogen-bond donors (Lipinski definition) is 1. The van der Waals surface area contributed by atoms with Crippen LogP contribution in [-0.4, -0.2) is 41.8 Å². The molecule has 1 saturated heterocycles. The van der Waals surface area contributed by atoms with Gasteiger partial charge < -0.3 is 9.84 Å². The first-order valence-electron chi connectivity index (χ1n) is 10.3. The lowest BCUT2D eigenvalue weighted by Gasteiger charge is -2.19. The molecule has 3 rings (SSSR count). The summed E-state index contributed by atoms with van der Waals surface area (Å²) in [5.74, 6) is 1.15.